The van der Waals surface area contributed by atoms with Crippen LogP contribution in [0.4, 0.5) is 0 Å². The maximum atomic E-state index is 3.86. The number of hydrogen-bond acceptors (Lipinski definition) is 1. The summed E-state index contributed by atoms with van der Waals surface area (Å²) in [7, 11) is 0. The van der Waals surface area contributed by atoms with E-state index in [0.29, 0.717) is 0 Å². The second-order valence-electron chi connectivity index (χ2n) is 8.12. The molecule has 2 aromatic carbocycles. The van der Waals surface area contributed by atoms with E-state index in [1.165, 1.54) is 54.3 Å². The highest BCUT2D eigenvalue weighted by Crippen LogP contribution is 2.40. The molecule has 1 aliphatic rings. The topological polar surface area (TPSA) is 0 Å². The van der Waals surface area contributed by atoms with Crippen molar-refractivity contribution in [1.82, 2.24) is 0 Å². The molecule has 158 valence electrons. The highest BCUT2D eigenvalue weighted by atomic mass is 32.2. The lowest BCUT2D eigenvalue weighted by molar-refractivity contribution is 1.29. The molecule has 0 fully saturated rings. The van der Waals surface area contributed by atoms with Gasteiger partial charge in [-0.1, -0.05) is 96.8 Å². The smallest absolute Gasteiger partial charge is 0.0157 e. The van der Waals surface area contributed by atoms with Gasteiger partial charge in [-0.25, -0.2) is 0 Å². The monoisotopic (exact) mass is 424 g/mol. The summed E-state index contributed by atoms with van der Waals surface area (Å²) in [6, 6.07) is 13.3. The SMILES string of the molecule is C=C/C=C\C(=C(C)C)c1c(C)cccc1-c1cccc(SC2=C(C)C=CCC=C2)c1C. The van der Waals surface area contributed by atoms with Crippen molar-refractivity contribution in [3.63, 3.8) is 0 Å². The number of allylic oxidation sites excluding steroid dienone is 10. The van der Waals surface area contributed by atoms with Crippen LogP contribution in [0.15, 0.2) is 106 Å². The number of aryl methyl sites for hydroxylation is 1. The van der Waals surface area contributed by atoms with E-state index in [4.69, 9.17) is 0 Å². The average Bonchev–Trinajstić information content (AvgIpc) is 2.95. The van der Waals surface area contributed by atoms with Gasteiger partial charge in [0.2, 0.25) is 0 Å². The normalized spacial score (nSPS) is 13.6. The maximum Gasteiger partial charge on any atom is 0.0157 e. The lowest BCUT2D eigenvalue weighted by Crippen LogP contribution is -1.96. The Hall–Kier alpha value is -2.77. The first-order valence-electron chi connectivity index (χ1n) is 10.8. The van der Waals surface area contributed by atoms with Gasteiger partial charge in [-0.2, -0.15) is 0 Å². The molecule has 0 unspecified atom stereocenters. The second-order valence-corrected chi connectivity index (χ2v) is 9.21. The predicted octanol–water partition coefficient (Wildman–Crippen LogP) is 9.39. The summed E-state index contributed by atoms with van der Waals surface area (Å²) in [5, 5.41) is 0. The zero-order valence-electron chi connectivity index (χ0n) is 19.3. The van der Waals surface area contributed by atoms with Crippen molar-refractivity contribution < 1.29 is 0 Å². The molecule has 0 bridgehead atoms. The van der Waals surface area contributed by atoms with Gasteiger partial charge in [-0.3, -0.25) is 0 Å². The molecule has 0 saturated carbocycles. The van der Waals surface area contributed by atoms with Crippen LogP contribution in [-0.2, 0) is 0 Å². The molecule has 0 spiro atoms. The van der Waals surface area contributed by atoms with Gasteiger partial charge in [-0.15, -0.1) is 0 Å². The second kappa shape index (κ2) is 10.5. The minimum absolute atomic E-state index is 0.997. The van der Waals surface area contributed by atoms with E-state index in [-0.39, 0.29) is 0 Å². The molecule has 2 aromatic rings. The van der Waals surface area contributed by atoms with Crippen LogP contribution in [0.25, 0.3) is 16.7 Å². The zero-order valence-corrected chi connectivity index (χ0v) is 20.1. The van der Waals surface area contributed by atoms with E-state index < -0.39 is 0 Å². The molecule has 1 heteroatoms. The van der Waals surface area contributed by atoms with E-state index in [0.717, 1.165) is 6.42 Å². The largest absolute Gasteiger partial charge is 0.0991 e. The maximum absolute atomic E-state index is 3.86. The summed E-state index contributed by atoms with van der Waals surface area (Å²) < 4.78 is 0. The molecule has 31 heavy (non-hydrogen) atoms. The van der Waals surface area contributed by atoms with Crippen molar-refractivity contribution in [3.8, 4) is 11.1 Å². The summed E-state index contributed by atoms with van der Waals surface area (Å²) in [6.07, 6.45) is 16.0. The van der Waals surface area contributed by atoms with Gasteiger partial charge in [0.1, 0.15) is 0 Å². The summed E-state index contributed by atoms with van der Waals surface area (Å²) in [4.78, 5) is 2.62. The number of hydrogen-bond donors (Lipinski definition) is 0. The summed E-state index contributed by atoms with van der Waals surface area (Å²) >= 11 is 1.86. The first-order chi connectivity index (χ1) is 14.9. The van der Waals surface area contributed by atoms with E-state index in [9.17, 15) is 0 Å². The van der Waals surface area contributed by atoms with Crippen molar-refractivity contribution in [2.45, 2.75) is 45.9 Å². The molecule has 3 rings (SSSR count). The van der Waals surface area contributed by atoms with Crippen LogP contribution in [0, 0.1) is 13.8 Å². The van der Waals surface area contributed by atoms with Crippen LogP contribution in [-0.4, -0.2) is 0 Å². The van der Waals surface area contributed by atoms with Gasteiger partial charge < -0.3 is 0 Å². The summed E-state index contributed by atoms with van der Waals surface area (Å²) in [5.41, 5.74) is 10.4. The van der Waals surface area contributed by atoms with Crippen LogP contribution in [0.3, 0.4) is 0 Å². The first-order valence-corrected chi connectivity index (χ1v) is 11.6. The molecule has 0 atom stereocenters. The predicted molar refractivity (Wildman–Crippen MR) is 140 cm³/mol. The Balaban J connectivity index is 2.15. The molecule has 0 nitrogen and oxygen atoms in total. The van der Waals surface area contributed by atoms with Crippen LogP contribution in [0.1, 0.15) is 43.9 Å². The Morgan fingerprint density at radius 1 is 0.935 bits per heavy atom. The summed E-state index contributed by atoms with van der Waals surface area (Å²) in [5.74, 6) is 0. The molecule has 0 saturated heterocycles. The molecule has 1 aliphatic carbocycles. The van der Waals surface area contributed by atoms with Gasteiger partial charge in [0, 0.05) is 9.80 Å². The summed E-state index contributed by atoms with van der Waals surface area (Å²) in [6.45, 7) is 14.9. The van der Waals surface area contributed by atoms with Crippen molar-refractivity contribution >= 4 is 17.3 Å². The molecule has 0 amide bonds. The van der Waals surface area contributed by atoms with Crippen LogP contribution in [0.5, 0.6) is 0 Å². The number of benzene rings is 2. The van der Waals surface area contributed by atoms with E-state index in [2.05, 4.69) is 108 Å². The van der Waals surface area contributed by atoms with Gasteiger partial charge in [0.05, 0.1) is 0 Å². The van der Waals surface area contributed by atoms with Crippen molar-refractivity contribution in [2.24, 2.45) is 0 Å². The van der Waals surface area contributed by atoms with E-state index >= 15 is 0 Å². The Kier molecular flexibility index (Phi) is 7.76. The third-order valence-electron chi connectivity index (χ3n) is 5.57. The van der Waals surface area contributed by atoms with Crippen molar-refractivity contribution in [3.05, 3.63) is 118 Å². The number of rotatable bonds is 6. The van der Waals surface area contributed by atoms with Gasteiger partial charge >= 0.3 is 0 Å². The molecule has 0 heterocycles. The van der Waals surface area contributed by atoms with Gasteiger partial charge in [-0.05, 0) is 86.1 Å². The zero-order chi connectivity index (χ0) is 22.4. The fourth-order valence-electron chi connectivity index (χ4n) is 3.88. The standard InChI is InChI=1S/C30H32S/c1-7-8-16-25(21(2)3)30-23(5)15-12-18-27(30)26-17-13-20-29(24(26)6)31-28-19-11-9-10-14-22(28)4/h7-8,10-20H,1,9H2,2-6H3/b16-8-. The molecule has 0 N–H and O–H groups in total. The third-order valence-corrected chi connectivity index (χ3v) is 6.91. The Labute approximate surface area is 192 Å². The molecule has 0 aliphatic heterocycles. The minimum atomic E-state index is 0.997. The van der Waals surface area contributed by atoms with Crippen LogP contribution < -0.4 is 0 Å². The number of thioether (sulfide) groups is 1. The lowest BCUT2D eigenvalue weighted by atomic mass is 9.87. The van der Waals surface area contributed by atoms with E-state index in [1.54, 1.807) is 0 Å². The first kappa shape index (κ1) is 22.9. The van der Waals surface area contributed by atoms with Crippen molar-refractivity contribution in [1.29, 1.82) is 0 Å². The minimum Gasteiger partial charge on any atom is -0.0991 e. The average molecular weight is 425 g/mol. The molecule has 0 aromatic heterocycles. The fraction of sp³-hybridized carbons (Fsp3) is 0.200. The Bertz CT molecular complexity index is 1130. The highest BCUT2D eigenvalue weighted by molar-refractivity contribution is 8.03. The van der Waals surface area contributed by atoms with Crippen molar-refractivity contribution in [2.75, 3.05) is 0 Å². The van der Waals surface area contributed by atoms with Crippen LogP contribution >= 0.6 is 11.8 Å². The molecular formula is C30H32S. The highest BCUT2D eigenvalue weighted by Gasteiger charge is 2.16. The fourth-order valence-corrected chi connectivity index (χ4v) is 4.92. The third kappa shape index (κ3) is 5.29. The molecular weight excluding hydrogens is 392 g/mol. The Morgan fingerprint density at radius 3 is 2.39 bits per heavy atom. The van der Waals surface area contributed by atoms with Crippen LogP contribution in [0.2, 0.25) is 0 Å². The quantitative estimate of drug-likeness (QED) is 0.416. The molecule has 0 radical (unpaired) electrons. The lowest BCUT2D eigenvalue weighted by Gasteiger charge is -2.19. The van der Waals surface area contributed by atoms with Gasteiger partial charge in [0.15, 0.2) is 0 Å². The van der Waals surface area contributed by atoms with E-state index in [1.807, 2.05) is 23.9 Å². The van der Waals surface area contributed by atoms with Gasteiger partial charge in [0.25, 0.3) is 0 Å². The Morgan fingerprint density at radius 2 is 1.65 bits per heavy atom.